The maximum Gasteiger partial charge on any atom is 0.278 e. The number of fused-ring (bicyclic) bond motifs is 1. The number of aromatic hydroxyl groups is 1. The van der Waals surface area contributed by atoms with Crippen LogP contribution in [0.5, 0.6) is 5.75 Å². The first kappa shape index (κ1) is 15.6. The van der Waals surface area contributed by atoms with Crippen LogP contribution in [0.2, 0.25) is 0 Å². The third-order valence-corrected chi connectivity index (χ3v) is 4.56. The molecular formula is C18H19N5O2. The van der Waals surface area contributed by atoms with Gasteiger partial charge in [0, 0.05) is 26.2 Å². The molecule has 1 fully saturated rings. The van der Waals surface area contributed by atoms with Gasteiger partial charge in [-0.15, -0.1) is 5.10 Å². The smallest absolute Gasteiger partial charge is 0.278 e. The fraction of sp³-hybridized carbons (Fsp3) is 0.278. The van der Waals surface area contributed by atoms with E-state index in [1.54, 1.807) is 18.2 Å². The van der Waals surface area contributed by atoms with Crippen molar-refractivity contribution in [1.29, 1.82) is 0 Å². The molecule has 1 aliphatic rings. The lowest BCUT2D eigenvalue weighted by Crippen LogP contribution is -2.48. The monoisotopic (exact) mass is 337 g/mol. The van der Waals surface area contributed by atoms with Gasteiger partial charge < -0.3 is 10.0 Å². The van der Waals surface area contributed by atoms with Gasteiger partial charge in [-0.25, -0.2) is 0 Å². The van der Waals surface area contributed by atoms with Gasteiger partial charge in [-0.1, -0.05) is 29.5 Å². The zero-order valence-electron chi connectivity index (χ0n) is 13.7. The number of para-hydroxylation sites is 2. The zero-order chi connectivity index (χ0) is 17.2. The van der Waals surface area contributed by atoms with Crippen LogP contribution in [0.3, 0.4) is 0 Å². The number of anilines is 1. The minimum absolute atomic E-state index is 0.117. The average Bonchev–Trinajstić information content (AvgIpc) is 2.65. The summed E-state index contributed by atoms with van der Waals surface area (Å²) in [6.07, 6.45) is 0. The SMILES string of the molecule is O=c1c2ccccc2nnn1CN1CCN(c2ccccc2O)CC1. The van der Waals surface area contributed by atoms with Gasteiger partial charge in [-0.3, -0.25) is 9.69 Å². The Morgan fingerprint density at radius 1 is 0.960 bits per heavy atom. The predicted octanol–water partition coefficient (Wildman–Crippen LogP) is 1.28. The molecule has 0 bridgehead atoms. The number of aromatic nitrogens is 3. The molecule has 2 heterocycles. The minimum atomic E-state index is -0.117. The van der Waals surface area contributed by atoms with E-state index in [2.05, 4.69) is 20.1 Å². The van der Waals surface area contributed by atoms with Crippen LogP contribution in [0.4, 0.5) is 5.69 Å². The number of hydrogen-bond acceptors (Lipinski definition) is 6. The summed E-state index contributed by atoms with van der Waals surface area (Å²) in [4.78, 5) is 16.8. The molecule has 0 aliphatic carbocycles. The van der Waals surface area contributed by atoms with Crippen molar-refractivity contribution in [3.63, 3.8) is 0 Å². The third kappa shape index (κ3) is 3.06. The number of piperazine rings is 1. The van der Waals surface area contributed by atoms with Crippen molar-refractivity contribution in [3.05, 3.63) is 58.9 Å². The normalized spacial score (nSPS) is 15.6. The average molecular weight is 337 g/mol. The fourth-order valence-corrected chi connectivity index (χ4v) is 3.17. The van der Waals surface area contributed by atoms with Crippen LogP contribution < -0.4 is 10.5 Å². The molecule has 0 atom stereocenters. The largest absolute Gasteiger partial charge is 0.506 e. The summed E-state index contributed by atoms with van der Waals surface area (Å²) in [5, 5.41) is 18.7. The first-order valence-electron chi connectivity index (χ1n) is 8.30. The van der Waals surface area contributed by atoms with Crippen molar-refractivity contribution in [2.24, 2.45) is 0 Å². The number of hydrogen-bond donors (Lipinski definition) is 1. The van der Waals surface area contributed by atoms with Crippen molar-refractivity contribution >= 4 is 16.6 Å². The molecule has 128 valence electrons. The Morgan fingerprint density at radius 2 is 1.68 bits per heavy atom. The molecule has 0 unspecified atom stereocenters. The Kier molecular flexibility index (Phi) is 4.07. The van der Waals surface area contributed by atoms with Gasteiger partial charge in [0.2, 0.25) is 0 Å². The van der Waals surface area contributed by atoms with E-state index in [4.69, 9.17) is 0 Å². The van der Waals surface area contributed by atoms with Crippen molar-refractivity contribution in [3.8, 4) is 5.75 Å². The summed E-state index contributed by atoms with van der Waals surface area (Å²) in [5.74, 6) is 0.299. The number of rotatable bonds is 3. The molecule has 0 radical (unpaired) electrons. The molecule has 0 spiro atoms. The molecule has 25 heavy (non-hydrogen) atoms. The maximum absolute atomic E-state index is 12.5. The zero-order valence-corrected chi connectivity index (χ0v) is 13.7. The molecule has 7 nitrogen and oxygen atoms in total. The van der Waals surface area contributed by atoms with E-state index >= 15 is 0 Å². The molecule has 7 heteroatoms. The first-order valence-corrected chi connectivity index (χ1v) is 8.30. The van der Waals surface area contributed by atoms with Gasteiger partial charge in [0.15, 0.2) is 0 Å². The highest BCUT2D eigenvalue weighted by Gasteiger charge is 2.20. The van der Waals surface area contributed by atoms with Crippen LogP contribution in [-0.4, -0.2) is 51.2 Å². The highest BCUT2D eigenvalue weighted by atomic mass is 16.3. The van der Waals surface area contributed by atoms with Gasteiger partial charge >= 0.3 is 0 Å². The second kappa shape index (κ2) is 6.52. The highest BCUT2D eigenvalue weighted by molar-refractivity contribution is 5.76. The molecule has 4 rings (SSSR count). The van der Waals surface area contributed by atoms with Crippen molar-refractivity contribution in [1.82, 2.24) is 19.9 Å². The molecule has 1 saturated heterocycles. The van der Waals surface area contributed by atoms with Gasteiger partial charge in [0.25, 0.3) is 5.56 Å². The van der Waals surface area contributed by atoms with Gasteiger partial charge in [-0.05, 0) is 24.3 Å². The van der Waals surface area contributed by atoms with E-state index in [1.165, 1.54) is 4.68 Å². The summed E-state index contributed by atoms with van der Waals surface area (Å²) in [5.41, 5.74) is 1.35. The molecule has 3 aromatic rings. The Morgan fingerprint density at radius 3 is 2.48 bits per heavy atom. The van der Waals surface area contributed by atoms with Gasteiger partial charge in [-0.2, -0.15) is 4.68 Å². The summed E-state index contributed by atoms with van der Waals surface area (Å²) in [6, 6.07) is 14.6. The molecule has 1 aromatic heterocycles. The van der Waals surface area contributed by atoms with E-state index in [0.717, 1.165) is 31.9 Å². The lowest BCUT2D eigenvalue weighted by atomic mass is 10.2. The van der Waals surface area contributed by atoms with Crippen molar-refractivity contribution in [2.45, 2.75) is 6.67 Å². The molecule has 1 aliphatic heterocycles. The predicted molar refractivity (Wildman–Crippen MR) is 95.7 cm³/mol. The van der Waals surface area contributed by atoms with Crippen molar-refractivity contribution < 1.29 is 5.11 Å². The van der Waals surface area contributed by atoms with Crippen LogP contribution in [0.25, 0.3) is 10.9 Å². The Hall–Kier alpha value is -2.93. The molecule has 0 amide bonds. The van der Waals surface area contributed by atoms with Crippen LogP contribution in [-0.2, 0) is 6.67 Å². The Balaban J connectivity index is 1.46. The van der Waals surface area contributed by atoms with E-state index in [-0.39, 0.29) is 5.56 Å². The van der Waals surface area contributed by atoms with Crippen LogP contribution in [0, 0.1) is 0 Å². The lowest BCUT2D eigenvalue weighted by Gasteiger charge is -2.36. The quantitative estimate of drug-likeness (QED) is 0.776. The summed E-state index contributed by atoms with van der Waals surface area (Å²) in [7, 11) is 0. The van der Waals surface area contributed by atoms with E-state index < -0.39 is 0 Å². The Labute approximate surface area is 144 Å². The number of benzene rings is 2. The topological polar surface area (TPSA) is 74.5 Å². The summed E-state index contributed by atoms with van der Waals surface area (Å²) >= 11 is 0. The summed E-state index contributed by atoms with van der Waals surface area (Å²) < 4.78 is 1.41. The lowest BCUT2D eigenvalue weighted by molar-refractivity contribution is 0.189. The number of phenols is 1. The Bertz CT molecular complexity index is 947. The second-order valence-electron chi connectivity index (χ2n) is 6.15. The van der Waals surface area contributed by atoms with Crippen LogP contribution in [0.1, 0.15) is 0 Å². The highest BCUT2D eigenvalue weighted by Crippen LogP contribution is 2.27. The maximum atomic E-state index is 12.5. The first-order chi connectivity index (χ1) is 12.2. The fourth-order valence-electron chi connectivity index (χ4n) is 3.17. The van der Waals surface area contributed by atoms with Gasteiger partial charge in [0.05, 0.1) is 17.7 Å². The number of nitrogens with zero attached hydrogens (tertiary/aromatic N) is 5. The van der Waals surface area contributed by atoms with E-state index in [9.17, 15) is 9.90 Å². The number of phenolic OH excluding ortho intramolecular Hbond substituents is 1. The van der Waals surface area contributed by atoms with Crippen molar-refractivity contribution in [2.75, 3.05) is 31.1 Å². The third-order valence-electron chi connectivity index (χ3n) is 4.56. The van der Waals surface area contributed by atoms with E-state index in [1.807, 2.05) is 30.3 Å². The van der Waals surface area contributed by atoms with Crippen LogP contribution >= 0.6 is 0 Å². The summed E-state index contributed by atoms with van der Waals surface area (Å²) in [6.45, 7) is 3.57. The molecule has 2 aromatic carbocycles. The van der Waals surface area contributed by atoms with E-state index in [0.29, 0.717) is 23.3 Å². The molecule has 0 saturated carbocycles. The molecule has 1 N–H and O–H groups in total. The van der Waals surface area contributed by atoms with Crippen LogP contribution in [0.15, 0.2) is 53.3 Å². The second-order valence-corrected chi connectivity index (χ2v) is 6.15. The molecular weight excluding hydrogens is 318 g/mol. The standard InChI is InChI=1S/C18H19N5O2/c24-17-8-4-3-7-16(17)22-11-9-21(10-12-22)13-23-18(25)14-5-1-2-6-15(14)19-20-23/h1-8,24H,9-13H2. The minimum Gasteiger partial charge on any atom is -0.506 e. The van der Waals surface area contributed by atoms with Gasteiger partial charge in [0.1, 0.15) is 11.3 Å².